The first-order valence-corrected chi connectivity index (χ1v) is 7.99. The fraction of sp³-hybridized carbons (Fsp3) is 0.385. The van der Waals surface area contributed by atoms with Crippen molar-refractivity contribution in [3.63, 3.8) is 0 Å². The SMILES string of the molecule is Brc1ccc(I)c(-c2n[nH]c(C3CCCC3)n2)c1. The predicted octanol–water partition coefficient (Wildman–Crippen LogP) is 4.50. The second-order valence-corrected chi connectivity index (χ2v) is 6.73. The Morgan fingerprint density at radius 1 is 1.28 bits per heavy atom. The molecule has 3 nitrogen and oxygen atoms in total. The van der Waals surface area contributed by atoms with Crippen LogP contribution < -0.4 is 0 Å². The molecule has 1 heterocycles. The highest BCUT2D eigenvalue weighted by Gasteiger charge is 2.21. The van der Waals surface area contributed by atoms with Gasteiger partial charge < -0.3 is 0 Å². The van der Waals surface area contributed by atoms with E-state index in [1.807, 2.05) is 6.07 Å². The van der Waals surface area contributed by atoms with Gasteiger partial charge in [-0.15, -0.1) is 0 Å². The van der Waals surface area contributed by atoms with E-state index in [0.29, 0.717) is 5.92 Å². The maximum absolute atomic E-state index is 4.67. The lowest BCUT2D eigenvalue weighted by molar-refractivity contribution is 0.672. The zero-order valence-corrected chi connectivity index (χ0v) is 13.5. The monoisotopic (exact) mass is 417 g/mol. The number of hydrogen-bond acceptors (Lipinski definition) is 2. The molecule has 1 aromatic carbocycles. The van der Waals surface area contributed by atoms with Crippen molar-refractivity contribution in [2.24, 2.45) is 0 Å². The highest BCUT2D eigenvalue weighted by molar-refractivity contribution is 14.1. The Kier molecular flexibility index (Phi) is 3.70. The van der Waals surface area contributed by atoms with Gasteiger partial charge in [0.1, 0.15) is 5.82 Å². The van der Waals surface area contributed by atoms with E-state index in [4.69, 9.17) is 0 Å². The minimum atomic E-state index is 0.580. The average molecular weight is 418 g/mol. The summed E-state index contributed by atoms with van der Waals surface area (Å²) in [5.74, 6) is 2.44. The topological polar surface area (TPSA) is 41.6 Å². The Morgan fingerprint density at radius 3 is 2.83 bits per heavy atom. The second-order valence-electron chi connectivity index (χ2n) is 4.65. The molecule has 1 N–H and O–H groups in total. The molecular formula is C13H13BrIN3. The normalized spacial score (nSPS) is 16.3. The lowest BCUT2D eigenvalue weighted by Gasteiger charge is -2.02. The lowest BCUT2D eigenvalue weighted by Crippen LogP contribution is -1.94. The maximum atomic E-state index is 4.67. The Morgan fingerprint density at radius 2 is 2.06 bits per heavy atom. The summed E-state index contributed by atoms with van der Waals surface area (Å²) in [6.45, 7) is 0. The quantitative estimate of drug-likeness (QED) is 0.731. The second kappa shape index (κ2) is 5.28. The summed E-state index contributed by atoms with van der Waals surface area (Å²) in [5, 5.41) is 7.48. The van der Waals surface area contributed by atoms with Crippen LogP contribution in [0.5, 0.6) is 0 Å². The molecule has 94 valence electrons. The zero-order chi connectivity index (χ0) is 12.5. The predicted molar refractivity (Wildman–Crippen MR) is 83.4 cm³/mol. The molecule has 0 amide bonds. The van der Waals surface area contributed by atoms with Crippen LogP contribution in [0.4, 0.5) is 0 Å². The van der Waals surface area contributed by atoms with Gasteiger partial charge in [-0.2, -0.15) is 5.10 Å². The van der Waals surface area contributed by atoms with Crippen molar-refractivity contribution < 1.29 is 0 Å². The summed E-state index contributed by atoms with van der Waals surface area (Å²) in [5.41, 5.74) is 1.09. The Bertz CT molecular complexity index is 561. The van der Waals surface area contributed by atoms with Gasteiger partial charge in [-0.25, -0.2) is 4.98 Å². The van der Waals surface area contributed by atoms with Crippen LogP contribution in [0.15, 0.2) is 22.7 Å². The molecule has 0 saturated heterocycles. The Hall–Kier alpha value is -0.430. The van der Waals surface area contributed by atoms with Crippen molar-refractivity contribution in [1.82, 2.24) is 15.2 Å². The molecule has 1 fully saturated rings. The first-order valence-electron chi connectivity index (χ1n) is 6.12. The van der Waals surface area contributed by atoms with E-state index in [2.05, 4.69) is 65.8 Å². The lowest BCUT2D eigenvalue weighted by atomic mass is 10.1. The molecule has 0 unspecified atom stereocenters. The van der Waals surface area contributed by atoms with E-state index in [-0.39, 0.29) is 0 Å². The number of nitrogens with zero attached hydrogens (tertiary/aromatic N) is 2. The molecule has 0 radical (unpaired) electrons. The molecule has 5 heteroatoms. The van der Waals surface area contributed by atoms with Crippen LogP contribution in [0.1, 0.15) is 37.4 Å². The van der Waals surface area contributed by atoms with Gasteiger partial charge >= 0.3 is 0 Å². The summed E-state index contributed by atoms with van der Waals surface area (Å²) < 4.78 is 2.23. The van der Waals surface area contributed by atoms with E-state index >= 15 is 0 Å². The van der Waals surface area contributed by atoms with Crippen molar-refractivity contribution in [3.8, 4) is 11.4 Å². The molecule has 0 aliphatic heterocycles. The summed E-state index contributed by atoms with van der Waals surface area (Å²) in [6, 6.07) is 6.19. The van der Waals surface area contributed by atoms with Crippen LogP contribution in [0.2, 0.25) is 0 Å². The fourth-order valence-corrected chi connectivity index (χ4v) is 3.38. The van der Waals surface area contributed by atoms with Gasteiger partial charge in [-0.3, -0.25) is 5.10 Å². The minimum absolute atomic E-state index is 0.580. The van der Waals surface area contributed by atoms with Crippen LogP contribution in [0, 0.1) is 3.57 Å². The number of halogens is 2. The van der Waals surface area contributed by atoms with Crippen LogP contribution in [0.3, 0.4) is 0 Å². The van der Waals surface area contributed by atoms with Crippen LogP contribution in [-0.4, -0.2) is 15.2 Å². The largest absolute Gasteiger partial charge is 0.262 e. The number of aromatic nitrogens is 3. The van der Waals surface area contributed by atoms with E-state index < -0.39 is 0 Å². The summed E-state index contributed by atoms with van der Waals surface area (Å²) in [4.78, 5) is 4.67. The van der Waals surface area contributed by atoms with Crippen molar-refractivity contribution in [1.29, 1.82) is 0 Å². The zero-order valence-electron chi connectivity index (χ0n) is 9.79. The summed E-state index contributed by atoms with van der Waals surface area (Å²) in [6.07, 6.45) is 5.11. The molecular weight excluding hydrogens is 405 g/mol. The Labute approximate surface area is 128 Å². The fourth-order valence-electron chi connectivity index (χ4n) is 2.45. The number of H-pyrrole nitrogens is 1. The van der Waals surface area contributed by atoms with Gasteiger partial charge in [0.05, 0.1) is 0 Å². The minimum Gasteiger partial charge on any atom is -0.262 e. The molecule has 0 spiro atoms. The third-order valence-corrected chi connectivity index (χ3v) is 4.85. The van der Waals surface area contributed by atoms with Crippen LogP contribution in [-0.2, 0) is 0 Å². The van der Waals surface area contributed by atoms with Gasteiger partial charge in [0.15, 0.2) is 5.82 Å². The molecule has 1 aromatic heterocycles. The van der Waals surface area contributed by atoms with E-state index in [1.165, 1.54) is 29.3 Å². The molecule has 2 aromatic rings. The van der Waals surface area contributed by atoms with Gasteiger partial charge in [0, 0.05) is 19.5 Å². The van der Waals surface area contributed by atoms with Crippen molar-refractivity contribution >= 4 is 38.5 Å². The van der Waals surface area contributed by atoms with Crippen LogP contribution in [0.25, 0.3) is 11.4 Å². The summed E-state index contributed by atoms with van der Waals surface area (Å²) >= 11 is 5.82. The molecule has 0 atom stereocenters. The highest BCUT2D eigenvalue weighted by Crippen LogP contribution is 2.33. The van der Waals surface area contributed by atoms with Crippen molar-refractivity contribution in [3.05, 3.63) is 32.1 Å². The molecule has 1 saturated carbocycles. The Balaban J connectivity index is 1.94. The van der Waals surface area contributed by atoms with Crippen molar-refractivity contribution in [2.75, 3.05) is 0 Å². The molecule has 0 bridgehead atoms. The van der Waals surface area contributed by atoms with Gasteiger partial charge in [-0.05, 0) is 53.6 Å². The third-order valence-electron chi connectivity index (χ3n) is 3.41. The molecule has 1 aliphatic rings. The van der Waals surface area contributed by atoms with Gasteiger partial charge in [0.2, 0.25) is 0 Å². The third kappa shape index (κ3) is 2.47. The smallest absolute Gasteiger partial charge is 0.182 e. The van der Waals surface area contributed by atoms with Crippen molar-refractivity contribution in [2.45, 2.75) is 31.6 Å². The molecule has 3 rings (SSSR count). The van der Waals surface area contributed by atoms with E-state index in [9.17, 15) is 0 Å². The van der Waals surface area contributed by atoms with E-state index in [1.54, 1.807) is 0 Å². The standard InChI is InChI=1S/C13H13BrIN3/c14-9-5-6-11(15)10(7-9)13-16-12(17-18-13)8-3-1-2-4-8/h5-8H,1-4H2,(H,16,17,18). The summed E-state index contributed by atoms with van der Waals surface area (Å²) in [7, 11) is 0. The highest BCUT2D eigenvalue weighted by atomic mass is 127. The maximum Gasteiger partial charge on any atom is 0.182 e. The number of nitrogens with one attached hydrogen (secondary N) is 1. The average Bonchev–Trinajstić information content (AvgIpc) is 3.00. The van der Waals surface area contributed by atoms with Gasteiger partial charge in [-0.1, -0.05) is 28.8 Å². The molecule has 18 heavy (non-hydrogen) atoms. The number of rotatable bonds is 2. The number of aromatic amines is 1. The first kappa shape index (κ1) is 12.6. The van der Waals surface area contributed by atoms with Crippen LogP contribution >= 0.6 is 38.5 Å². The van der Waals surface area contributed by atoms with E-state index in [0.717, 1.165) is 21.7 Å². The first-order chi connectivity index (χ1) is 8.74. The number of benzene rings is 1. The number of hydrogen-bond donors (Lipinski definition) is 1. The van der Waals surface area contributed by atoms with Gasteiger partial charge in [0.25, 0.3) is 0 Å². The molecule has 1 aliphatic carbocycles.